The van der Waals surface area contributed by atoms with Crippen molar-refractivity contribution in [1.82, 2.24) is 10.2 Å². The minimum atomic E-state index is 0.253. The average Bonchev–Trinajstić information content (AvgIpc) is 3.64. The molecule has 4 rings (SSSR count). The highest BCUT2D eigenvalue weighted by Crippen LogP contribution is 2.32. The van der Waals surface area contributed by atoms with Gasteiger partial charge in [-0.15, -0.1) is 0 Å². The molecule has 1 aliphatic carbocycles. The standard InChI is InChI=1S/C18H27N3O2.C6H5Cl/c22-18(16-6-7-16)21(17-4-2-1-3-5-17)11-9-19-8-10-20-12-14-23-15-13-20;7-6-4-2-1-3-5-6/h1-5,16,19H,6-15H2;1-5H. The highest BCUT2D eigenvalue weighted by molar-refractivity contribution is 6.30. The number of benzene rings is 2. The van der Waals surface area contributed by atoms with Crippen LogP contribution in [0.15, 0.2) is 60.7 Å². The topological polar surface area (TPSA) is 44.8 Å². The third-order valence-electron chi connectivity index (χ3n) is 5.21. The summed E-state index contributed by atoms with van der Waals surface area (Å²) in [7, 11) is 0. The van der Waals surface area contributed by atoms with E-state index in [0.717, 1.165) is 76.0 Å². The van der Waals surface area contributed by atoms with Crippen molar-refractivity contribution in [1.29, 1.82) is 0 Å². The van der Waals surface area contributed by atoms with Crippen LogP contribution in [-0.2, 0) is 9.53 Å². The van der Waals surface area contributed by atoms with Crippen LogP contribution in [0.25, 0.3) is 0 Å². The van der Waals surface area contributed by atoms with Crippen molar-refractivity contribution in [2.24, 2.45) is 5.92 Å². The van der Waals surface area contributed by atoms with Crippen molar-refractivity contribution in [3.8, 4) is 0 Å². The SMILES string of the molecule is Clc1ccccc1.O=C(C1CC1)N(CCNCCN1CCOCC1)c1ccccc1. The average molecular weight is 430 g/mol. The number of hydrogen-bond acceptors (Lipinski definition) is 4. The molecule has 2 fully saturated rings. The van der Waals surface area contributed by atoms with Gasteiger partial charge < -0.3 is 15.0 Å². The molecule has 0 spiro atoms. The van der Waals surface area contributed by atoms with Gasteiger partial charge in [0.2, 0.25) is 5.91 Å². The predicted molar refractivity (Wildman–Crippen MR) is 123 cm³/mol. The van der Waals surface area contributed by atoms with Gasteiger partial charge in [-0.25, -0.2) is 0 Å². The number of para-hydroxylation sites is 1. The van der Waals surface area contributed by atoms with Crippen LogP contribution in [0.4, 0.5) is 5.69 Å². The maximum absolute atomic E-state index is 12.5. The Morgan fingerprint density at radius 2 is 1.63 bits per heavy atom. The van der Waals surface area contributed by atoms with Crippen LogP contribution in [0.3, 0.4) is 0 Å². The van der Waals surface area contributed by atoms with Crippen LogP contribution < -0.4 is 10.2 Å². The molecule has 0 bridgehead atoms. The molecule has 6 heteroatoms. The van der Waals surface area contributed by atoms with Crippen molar-refractivity contribution in [3.63, 3.8) is 0 Å². The number of anilines is 1. The molecule has 1 amide bonds. The molecule has 1 aliphatic heterocycles. The maximum atomic E-state index is 12.5. The minimum absolute atomic E-state index is 0.253. The lowest BCUT2D eigenvalue weighted by Crippen LogP contribution is -2.42. The third kappa shape index (κ3) is 8.07. The highest BCUT2D eigenvalue weighted by atomic mass is 35.5. The number of hydrogen-bond donors (Lipinski definition) is 1. The lowest BCUT2D eigenvalue weighted by atomic mass is 10.2. The van der Waals surface area contributed by atoms with Gasteiger partial charge in [-0.1, -0.05) is 48.0 Å². The van der Waals surface area contributed by atoms with Gasteiger partial charge in [0.25, 0.3) is 0 Å². The molecule has 5 nitrogen and oxygen atoms in total. The minimum Gasteiger partial charge on any atom is -0.379 e. The Kier molecular flexibility index (Phi) is 9.64. The molecular weight excluding hydrogens is 398 g/mol. The maximum Gasteiger partial charge on any atom is 0.230 e. The number of halogens is 1. The van der Waals surface area contributed by atoms with E-state index >= 15 is 0 Å². The first-order valence-corrected chi connectivity index (χ1v) is 11.2. The van der Waals surface area contributed by atoms with E-state index in [4.69, 9.17) is 16.3 Å². The second kappa shape index (κ2) is 12.7. The summed E-state index contributed by atoms with van der Waals surface area (Å²) in [5, 5.41) is 4.26. The van der Waals surface area contributed by atoms with Crippen molar-refractivity contribution < 1.29 is 9.53 Å². The number of ether oxygens (including phenoxy) is 1. The van der Waals surface area contributed by atoms with E-state index in [0.29, 0.717) is 0 Å². The molecular formula is C24H32ClN3O2. The Morgan fingerprint density at radius 1 is 1.00 bits per heavy atom. The van der Waals surface area contributed by atoms with Crippen LogP contribution in [0, 0.1) is 5.92 Å². The van der Waals surface area contributed by atoms with Crippen molar-refractivity contribution in [3.05, 3.63) is 65.7 Å². The van der Waals surface area contributed by atoms with E-state index in [1.54, 1.807) is 0 Å². The molecule has 2 aliphatic rings. The van der Waals surface area contributed by atoms with Crippen molar-refractivity contribution in [2.45, 2.75) is 12.8 Å². The van der Waals surface area contributed by atoms with Gasteiger partial charge in [0.05, 0.1) is 13.2 Å². The zero-order valence-electron chi connectivity index (χ0n) is 17.5. The normalized spacial score (nSPS) is 16.4. The number of nitrogens with zero attached hydrogens (tertiary/aromatic N) is 2. The van der Waals surface area contributed by atoms with Crippen molar-refractivity contribution in [2.75, 3.05) is 57.4 Å². The molecule has 0 unspecified atom stereocenters. The lowest BCUT2D eigenvalue weighted by Gasteiger charge is -2.27. The molecule has 1 saturated carbocycles. The zero-order chi connectivity index (χ0) is 21.0. The molecule has 30 heavy (non-hydrogen) atoms. The summed E-state index contributed by atoms with van der Waals surface area (Å²) in [6.07, 6.45) is 2.10. The largest absolute Gasteiger partial charge is 0.379 e. The van der Waals surface area contributed by atoms with E-state index in [1.165, 1.54) is 0 Å². The van der Waals surface area contributed by atoms with Crippen LogP contribution in [0.2, 0.25) is 5.02 Å². The zero-order valence-corrected chi connectivity index (χ0v) is 18.3. The highest BCUT2D eigenvalue weighted by Gasteiger charge is 2.33. The van der Waals surface area contributed by atoms with E-state index in [2.05, 4.69) is 10.2 Å². The molecule has 162 valence electrons. The van der Waals surface area contributed by atoms with Crippen LogP contribution >= 0.6 is 11.6 Å². The van der Waals surface area contributed by atoms with E-state index in [1.807, 2.05) is 65.6 Å². The number of carbonyl (C=O) groups excluding carboxylic acids is 1. The Bertz CT molecular complexity index is 735. The van der Waals surface area contributed by atoms with Gasteiger partial charge in [-0.2, -0.15) is 0 Å². The second-order valence-electron chi connectivity index (χ2n) is 7.60. The molecule has 1 N–H and O–H groups in total. The first kappa shape index (κ1) is 22.8. The molecule has 0 radical (unpaired) electrons. The van der Waals surface area contributed by atoms with E-state index < -0.39 is 0 Å². The fraction of sp³-hybridized carbons (Fsp3) is 0.458. The number of amides is 1. The fourth-order valence-corrected chi connectivity index (χ4v) is 3.46. The summed E-state index contributed by atoms with van der Waals surface area (Å²) in [6, 6.07) is 19.5. The summed E-state index contributed by atoms with van der Waals surface area (Å²) < 4.78 is 5.36. The van der Waals surface area contributed by atoms with Crippen LogP contribution in [-0.4, -0.2) is 63.3 Å². The number of carbonyl (C=O) groups is 1. The summed E-state index contributed by atoms with van der Waals surface area (Å²) >= 11 is 5.54. The van der Waals surface area contributed by atoms with E-state index in [9.17, 15) is 4.79 Å². The van der Waals surface area contributed by atoms with Gasteiger partial charge in [0.15, 0.2) is 0 Å². The van der Waals surface area contributed by atoms with E-state index in [-0.39, 0.29) is 11.8 Å². The molecule has 2 aromatic carbocycles. The molecule has 0 atom stereocenters. The molecule has 0 aromatic heterocycles. The van der Waals surface area contributed by atoms with Gasteiger partial charge in [-0.05, 0) is 37.1 Å². The van der Waals surface area contributed by atoms with Gasteiger partial charge >= 0.3 is 0 Å². The second-order valence-corrected chi connectivity index (χ2v) is 8.04. The van der Waals surface area contributed by atoms with Gasteiger partial charge in [0.1, 0.15) is 0 Å². The number of rotatable bonds is 8. The number of morpholine rings is 1. The Balaban J connectivity index is 0.000000310. The summed E-state index contributed by atoms with van der Waals surface area (Å²) in [6.45, 7) is 7.32. The predicted octanol–water partition coefficient (Wildman–Crippen LogP) is 3.69. The van der Waals surface area contributed by atoms with Gasteiger partial charge in [0, 0.05) is 55.9 Å². The first-order chi connectivity index (χ1) is 14.7. The Labute approximate surface area is 185 Å². The fourth-order valence-electron chi connectivity index (χ4n) is 3.32. The molecule has 1 heterocycles. The van der Waals surface area contributed by atoms with Crippen LogP contribution in [0.1, 0.15) is 12.8 Å². The molecule has 2 aromatic rings. The first-order valence-electron chi connectivity index (χ1n) is 10.8. The van der Waals surface area contributed by atoms with Crippen molar-refractivity contribution >= 4 is 23.2 Å². The third-order valence-corrected chi connectivity index (χ3v) is 5.47. The summed E-state index contributed by atoms with van der Waals surface area (Å²) in [4.78, 5) is 16.9. The Morgan fingerprint density at radius 3 is 2.20 bits per heavy atom. The smallest absolute Gasteiger partial charge is 0.230 e. The quantitative estimate of drug-likeness (QED) is 0.650. The Hall–Kier alpha value is -1.92. The summed E-state index contributed by atoms with van der Waals surface area (Å²) in [5.74, 6) is 0.537. The van der Waals surface area contributed by atoms with Crippen LogP contribution in [0.5, 0.6) is 0 Å². The monoisotopic (exact) mass is 429 g/mol. The van der Waals surface area contributed by atoms with Gasteiger partial charge in [-0.3, -0.25) is 9.69 Å². The summed E-state index contributed by atoms with van der Waals surface area (Å²) in [5.41, 5.74) is 1.01. The number of nitrogens with one attached hydrogen (secondary N) is 1. The molecule has 1 saturated heterocycles. The lowest BCUT2D eigenvalue weighted by molar-refractivity contribution is -0.119.